The second kappa shape index (κ2) is 4.94. The third-order valence-electron chi connectivity index (χ3n) is 3.17. The molecule has 0 radical (unpaired) electrons. The van der Waals surface area contributed by atoms with Crippen LogP contribution in [0.2, 0.25) is 0 Å². The largest absolute Gasteiger partial charge is 0.383 e. The van der Waals surface area contributed by atoms with Crippen LogP contribution in [0.3, 0.4) is 0 Å². The number of fused-ring (bicyclic) bond motifs is 1. The van der Waals surface area contributed by atoms with E-state index in [2.05, 4.69) is 21.0 Å². The monoisotopic (exact) mass is 313 g/mol. The molecule has 7 heteroatoms. The van der Waals surface area contributed by atoms with E-state index in [-0.39, 0.29) is 0 Å². The van der Waals surface area contributed by atoms with Crippen molar-refractivity contribution in [1.82, 2.24) is 19.5 Å². The van der Waals surface area contributed by atoms with E-state index < -0.39 is 0 Å². The van der Waals surface area contributed by atoms with Gasteiger partial charge in [0.05, 0.1) is 16.8 Å². The summed E-state index contributed by atoms with van der Waals surface area (Å²) < 4.78 is 2.04. The lowest BCUT2D eigenvalue weighted by Gasteiger charge is -2.06. The summed E-state index contributed by atoms with van der Waals surface area (Å²) in [6.07, 6.45) is 3.73. The minimum atomic E-state index is 0.536. The van der Waals surface area contributed by atoms with Crippen LogP contribution < -0.4 is 5.73 Å². The molecule has 5 nitrogen and oxygen atoms in total. The van der Waals surface area contributed by atoms with E-state index in [1.807, 2.05) is 33.7 Å². The average molecular weight is 313 g/mol. The highest BCUT2D eigenvalue weighted by molar-refractivity contribution is 7.16. The number of nitrogen functional groups attached to an aromatic ring is 1. The van der Waals surface area contributed by atoms with Crippen molar-refractivity contribution in [2.24, 2.45) is 0 Å². The van der Waals surface area contributed by atoms with Gasteiger partial charge in [0.25, 0.3) is 0 Å². The lowest BCUT2D eigenvalue weighted by atomic mass is 10.3. The average Bonchev–Trinajstić information content (AvgIpc) is 3.19. The van der Waals surface area contributed by atoms with Gasteiger partial charge in [-0.3, -0.25) is 0 Å². The number of nitrogens with zero attached hydrogens (tertiary/aromatic N) is 4. The Hall–Kier alpha value is -2.25. The third-order valence-corrected chi connectivity index (χ3v) is 4.84. The molecule has 0 atom stereocenters. The van der Waals surface area contributed by atoms with Gasteiger partial charge in [-0.05, 0) is 22.9 Å². The van der Waals surface area contributed by atoms with Crippen molar-refractivity contribution in [3.05, 3.63) is 47.2 Å². The van der Waals surface area contributed by atoms with E-state index in [0.29, 0.717) is 18.2 Å². The molecule has 0 bridgehead atoms. The number of imidazole rings is 1. The van der Waals surface area contributed by atoms with E-state index in [1.165, 1.54) is 0 Å². The van der Waals surface area contributed by atoms with Crippen LogP contribution in [0.1, 0.15) is 5.82 Å². The summed E-state index contributed by atoms with van der Waals surface area (Å²) in [4.78, 5) is 15.4. The maximum Gasteiger partial charge on any atom is 0.152 e. The predicted molar refractivity (Wildman–Crippen MR) is 86.5 cm³/mol. The van der Waals surface area contributed by atoms with Crippen molar-refractivity contribution in [3.8, 4) is 10.7 Å². The molecule has 0 aromatic carbocycles. The Balaban J connectivity index is 1.74. The molecule has 0 saturated carbocycles. The fourth-order valence-corrected chi connectivity index (χ4v) is 3.74. The first kappa shape index (κ1) is 12.5. The summed E-state index contributed by atoms with van der Waals surface area (Å²) in [5, 5.41) is 4.95. The topological polar surface area (TPSA) is 69.6 Å². The number of hydrogen-bond acceptors (Lipinski definition) is 6. The molecule has 4 aromatic heterocycles. The number of aromatic nitrogens is 4. The summed E-state index contributed by atoms with van der Waals surface area (Å²) >= 11 is 3.24. The Labute approximate surface area is 128 Å². The normalized spacial score (nSPS) is 11.2. The minimum Gasteiger partial charge on any atom is -0.383 e. The van der Waals surface area contributed by atoms with Gasteiger partial charge in [-0.25, -0.2) is 15.0 Å². The number of hydrogen-bond donors (Lipinski definition) is 1. The molecule has 0 aliphatic carbocycles. The van der Waals surface area contributed by atoms with Crippen LogP contribution in [0.15, 0.2) is 41.4 Å². The van der Waals surface area contributed by atoms with Crippen LogP contribution in [0.4, 0.5) is 5.82 Å². The zero-order chi connectivity index (χ0) is 14.2. The third kappa shape index (κ3) is 2.20. The standard InChI is InChI=1S/C14H11N5S2/c15-12-9-3-7-21-14(9)18-11(17-12)8-19-5-4-16-13(19)10-2-1-6-20-10/h1-7H,8H2,(H2,15,17,18). The molecule has 0 aliphatic heterocycles. The second-order valence-electron chi connectivity index (χ2n) is 4.52. The van der Waals surface area contributed by atoms with E-state index in [0.717, 1.165) is 20.9 Å². The molecule has 0 unspecified atom stereocenters. The van der Waals surface area contributed by atoms with Crippen LogP contribution >= 0.6 is 22.7 Å². The van der Waals surface area contributed by atoms with E-state index in [1.54, 1.807) is 28.9 Å². The Morgan fingerprint density at radius 3 is 2.95 bits per heavy atom. The van der Waals surface area contributed by atoms with Crippen molar-refractivity contribution in [1.29, 1.82) is 0 Å². The number of thiophene rings is 2. The number of anilines is 1. The van der Waals surface area contributed by atoms with Crippen LogP contribution in [0.5, 0.6) is 0 Å². The fourth-order valence-electron chi connectivity index (χ4n) is 2.22. The SMILES string of the molecule is Nc1nc(Cn2ccnc2-c2cccs2)nc2sccc12. The van der Waals surface area contributed by atoms with Gasteiger partial charge in [-0.15, -0.1) is 22.7 Å². The van der Waals surface area contributed by atoms with Crippen molar-refractivity contribution in [3.63, 3.8) is 0 Å². The molecule has 4 rings (SSSR count). The van der Waals surface area contributed by atoms with Gasteiger partial charge in [0.1, 0.15) is 16.5 Å². The van der Waals surface area contributed by atoms with Gasteiger partial charge in [0, 0.05) is 12.4 Å². The molecule has 0 spiro atoms. The predicted octanol–water partition coefficient (Wildman–Crippen LogP) is 3.25. The quantitative estimate of drug-likeness (QED) is 0.630. The van der Waals surface area contributed by atoms with Crippen molar-refractivity contribution >= 4 is 38.7 Å². The smallest absolute Gasteiger partial charge is 0.152 e. The summed E-state index contributed by atoms with van der Waals surface area (Å²) in [6.45, 7) is 0.561. The lowest BCUT2D eigenvalue weighted by molar-refractivity contribution is 0.760. The highest BCUT2D eigenvalue weighted by Crippen LogP contribution is 2.25. The van der Waals surface area contributed by atoms with Crippen LogP contribution in [-0.4, -0.2) is 19.5 Å². The molecule has 21 heavy (non-hydrogen) atoms. The lowest BCUT2D eigenvalue weighted by Crippen LogP contribution is -2.06. The zero-order valence-electron chi connectivity index (χ0n) is 10.9. The molecular formula is C14H11N5S2. The van der Waals surface area contributed by atoms with Gasteiger partial charge in [-0.1, -0.05) is 6.07 Å². The van der Waals surface area contributed by atoms with E-state index >= 15 is 0 Å². The first-order valence-corrected chi connectivity index (χ1v) is 8.12. The minimum absolute atomic E-state index is 0.536. The van der Waals surface area contributed by atoms with Crippen molar-refractivity contribution in [2.75, 3.05) is 5.73 Å². The fraction of sp³-hybridized carbons (Fsp3) is 0.0714. The molecule has 0 fully saturated rings. The molecule has 0 aliphatic rings. The first-order chi connectivity index (χ1) is 10.3. The molecule has 0 saturated heterocycles. The van der Waals surface area contributed by atoms with Crippen LogP contribution in [0, 0.1) is 0 Å². The van der Waals surface area contributed by atoms with E-state index in [9.17, 15) is 0 Å². The molecule has 4 aromatic rings. The van der Waals surface area contributed by atoms with Gasteiger partial charge in [0.15, 0.2) is 5.82 Å². The Morgan fingerprint density at radius 1 is 1.14 bits per heavy atom. The van der Waals surface area contributed by atoms with Gasteiger partial charge >= 0.3 is 0 Å². The first-order valence-electron chi connectivity index (χ1n) is 6.36. The van der Waals surface area contributed by atoms with Gasteiger partial charge in [0.2, 0.25) is 0 Å². The maximum atomic E-state index is 6.00. The molecule has 4 heterocycles. The molecule has 104 valence electrons. The zero-order valence-corrected chi connectivity index (χ0v) is 12.6. The summed E-state index contributed by atoms with van der Waals surface area (Å²) in [5.41, 5.74) is 6.00. The number of nitrogens with two attached hydrogens (primary N) is 1. The highest BCUT2D eigenvalue weighted by atomic mass is 32.1. The van der Waals surface area contributed by atoms with Gasteiger partial charge in [-0.2, -0.15) is 0 Å². The van der Waals surface area contributed by atoms with Crippen LogP contribution in [-0.2, 0) is 6.54 Å². The van der Waals surface area contributed by atoms with Crippen LogP contribution in [0.25, 0.3) is 20.9 Å². The molecule has 0 amide bonds. The maximum absolute atomic E-state index is 6.00. The summed E-state index contributed by atoms with van der Waals surface area (Å²) in [5.74, 6) is 2.17. The Kier molecular flexibility index (Phi) is 2.94. The Bertz CT molecular complexity index is 891. The van der Waals surface area contributed by atoms with Crippen molar-refractivity contribution < 1.29 is 0 Å². The summed E-state index contributed by atoms with van der Waals surface area (Å²) in [6, 6.07) is 6.03. The van der Waals surface area contributed by atoms with Crippen molar-refractivity contribution in [2.45, 2.75) is 6.54 Å². The van der Waals surface area contributed by atoms with Gasteiger partial charge < -0.3 is 10.3 Å². The number of rotatable bonds is 3. The summed E-state index contributed by atoms with van der Waals surface area (Å²) in [7, 11) is 0. The molecular weight excluding hydrogens is 302 g/mol. The highest BCUT2D eigenvalue weighted by Gasteiger charge is 2.11. The Morgan fingerprint density at radius 2 is 2.10 bits per heavy atom. The second-order valence-corrected chi connectivity index (χ2v) is 6.36. The van der Waals surface area contributed by atoms with E-state index in [4.69, 9.17) is 5.73 Å². The molecule has 2 N–H and O–H groups in total.